The van der Waals surface area contributed by atoms with Crippen LogP contribution in [0.15, 0.2) is 18.2 Å². The molecule has 1 heterocycles. The van der Waals surface area contributed by atoms with Crippen LogP contribution in [-0.2, 0) is 11.2 Å². The van der Waals surface area contributed by atoms with Crippen molar-refractivity contribution >= 4 is 24.0 Å². The molecule has 1 fully saturated rings. The quantitative estimate of drug-likeness (QED) is 0.897. The zero-order valence-electron chi connectivity index (χ0n) is 11.0. The molecule has 0 radical (unpaired) electrons. The molecule has 0 atom stereocenters. The lowest BCUT2D eigenvalue weighted by Crippen LogP contribution is -2.34. The van der Waals surface area contributed by atoms with Crippen molar-refractivity contribution in [3.8, 4) is 0 Å². The van der Waals surface area contributed by atoms with Gasteiger partial charge in [0.15, 0.2) is 0 Å². The SMILES string of the molecule is CCc1ccc(NC(=O)C2CCNCC2)cc1F.Cl. The minimum atomic E-state index is -0.249. The Kier molecular flexibility index (Phi) is 6.25. The van der Waals surface area contributed by atoms with Crippen LogP contribution in [-0.4, -0.2) is 19.0 Å². The highest BCUT2D eigenvalue weighted by Gasteiger charge is 2.20. The molecule has 1 aliphatic heterocycles. The van der Waals surface area contributed by atoms with Crippen molar-refractivity contribution < 1.29 is 9.18 Å². The number of carbonyl (C=O) groups excluding carboxylic acids is 1. The summed E-state index contributed by atoms with van der Waals surface area (Å²) >= 11 is 0. The number of aryl methyl sites for hydroxylation is 1. The van der Waals surface area contributed by atoms with E-state index in [1.807, 2.05) is 6.92 Å². The summed E-state index contributed by atoms with van der Waals surface area (Å²) < 4.78 is 13.6. The fraction of sp³-hybridized carbons (Fsp3) is 0.500. The van der Waals surface area contributed by atoms with Crippen molar-refractivity contribution in [2.45, 2.75) is 26.2 Å². The van der Waals surface area contributed by atoms with Gasteiger partial charge in [-0.15, -0.1) is 12.4 Å². The van der Waals surface area contributed by atoms with E-state index in [2.05, 4.69) is 10.6 Å². The Morgan fingerprint density at radius 2 is 2.11 bits per heavy atom. The number of rotatable bonds is 3. The number of carbonyl (C=O) groups is 1. The normalized spacial score (nSPS) is 15.7. The highest BCUT2D eigenvalue weighted by molar-refractivity contribution is 5.92. The predicted molar refractivity (Wildman–Crippen MR) is 77.2 cm³/mol. The lowest BCUT2D eigenvalue weighted by molar-refractivity contribution is -0.120. The van der Waals surface area contributed by atoms with Crippen LogP contribution in [0.1, 0.15) is 25.3 Å². The standard InChI is InChI=1S/C14H19FN2O.ClH/c1-2-10-3-4-12(9-13(10)15)17-14(18)11-5-7-16-8-6-11;/h3-4,9,11,16H,2,5-8H2,1H3,(H,17,18);1H. The van der Waals surface area contributed by atoms with Crippen molar-refractivity contribution in [1.82, 2.24) is 5.32 Å². The minimum absolute atomic E-state index is 0. The van der Waals surface area contributed by atoms with Gasteiger partial charge in [0.1, 0.15) is 5.82 Å². The summed E-state index contributed by atoms with van der Waals surface area (Å²) in [6.45, 7) is 3.66. The number of halogens is 2. The summed E-state index contributed by atoms with van der Waals surface area (Å²) in [4.78, 5) is 12.0. The van der Waals surface area contributed by atoms with Gasteiger partial charge in [0.25, 0.3) is 0 Å². The van der Waals surface area contributed by atoms with Gasteiger partial charge in [0.2, 0.25) is 5.91 Å². The zero-order chi connectivity index (χ0) is 13.0. The number of hydrogen-bond acceptors (Lipinski definition) is 2. The van der Waals surface area contributed by atoms with Crippen LogP contribution in [0.3, 0.4) is 0 Å². The zero-order valence-corrected chi connectivity index (χ0v) is 11.9. The molecule has 19 heavy (non-hydrogen) atoms. The summed E-state index contributed by atoms with van der Waals surface area (Å²) in [7, 11) is 0. The molecule has 0 aromatic heterocycles. The first-order valence-corrected chi connectivity index (χ1v) is 6.50. The molecule has 1 saturated heterocycles. The van der Waals surface area contributed by atoms with Gasteiger partial charge in [-0.05, 0) is 50.0 Å². The lowest BCUT2D eigenvalue weighted by Gasteiger charge is -2.21. The number of piperidine rings is 1. The Morgan fingerprint density at radius 3 is 2.68 bits per heavy atom. The van der Waals surface area contributed by atoms with Gasteiger partial charge < -0.3 is 10.6 Å². The Balaban J connectivity index is 0.00000180. The van der Waals surface area contributed by atoms with Crippen molar-refractivity contribution in [3.05, 3.63) is 29.6 Å². The van der Waals surface area contributed by atoms with E-state index in [9.17, 15) is 9.18 Å². The van der Waals surface area contributed by atoms with Gasteiger partial charge in [-0.3, -0.25) is 4.79 Å². The Hall–Kier alpha value is -1.13. The number of amides is 1. The molecule has 2 N–H and O–H groups in total. The van der Waals surface area contributed by atoms with Crippen LogP contribution < -0.4 is 10.6 Å². The maximum absolute atomic E-state index is 13.6. The molecule has 1 amide bonds. The lowest BCUT2D eigenvalue weighted by atomic mass is 9.97. The molecule has 2 rings (SSSR count). The second-order valence-corrected chi connectivity index (χ2v) is 4.67. The average molecular weight is 287 g/mol. The molecule has 1 aromatic rings. The molecular formula is C14H20ClFN2O. The third kappa shape index (κ3) is 4.18. The Labute approximate surface area is 119 Å². The molecule has 5 heteroatoms. The summed E-state index contributed by atoms with van der Waals surface area (Å²) in [5.74, 6) is -0.207. The molecule has 3 nitrogen and oxygen atoms in total. The second-order valence-electron chi connectivity index (χ2n) is 4.67. The smallest absolute Gasteiger partial charge is 0.227 e. The van der Waals surface area contributed by atoms with Crippen LogP contribution in [0.5, 0.6) is 0 Å². The van der Waals surface area contributed by atoms with E-state index in [1.165, 1.54) is 6.07 Å². The van der Waals surface area contributed by atoms with Gasteiger partial charge in [-0.25, -0.2) is 4.39 Å². The predicted octanol–water partition coefficient (Wildman–Crippen LogP) is 2.75. The molecule has 0 spiro atoms. The third-order valence-electron chi connectivity index (χ3n) is 3.41. The number of hydrogen-bond donors (Lipinski definition) is 2. The topological polar surface area (TPSA) is 41.1 Å². The van der Waals surface area contributed by atoms with Gasteiger partial charge in [-0.2, -0.15) is 0 Å². The molecule has 0 bridgehead atoms. The molecule has 0 unspecified atom stereocenters. The first kappa shape index (κ1) is 15.9. The Bertz CT molecular complexity index is 433. The van der Waals surface area contributed by atoms with E-state index in [1.54, 1.807) is 12.1 Å². The number of benzene rings is 1. The van der Waals surface area contributed by atoms with E-state index in [4.69, 9.17) is 0 Å². The van der Waals surface area contributed by atoms with Gasteiger partial charge in [0.05, 0.1) is 0 Å². The largest absolute Gasteiger partial charge is 0.326 e. The van der Waals surface area contributed by atoms with Crippen molar-refractivity contribution in [3.63, 3.8) is 0 Å². The first-order chi connectivity index (χ1) is 8.70. The second kappa shape index (κ2) is 7.46. The fourth-order valence-electron chi connectivity index (χ4n) is 2.24. The average Bonchev–Trinajstić information content (AvgIpc) is 2.40. The fourth-order valence-corrected chi connectivity index (χ4v) is 2.24. The summed E-state index contributed by atoms with van der Waals surface area (Å²) in [5.41, 5.74) is 1.23. The van der Waals surface area contributed by atoms with Crippen LogP contribution in [0, 0.1) is 11.7 Å². The van der Waals surface area contributed by atoms with Gasteiger partial charge in [-0.1, -0.05) is 13.0 Å². The molecule has 106 valence electrons. The maximum atomic E-state index is 13.6. The van der Waals surface area contributed by atoms with Crippen LogP contribution in [0.25, 0.3) is 0 Å². The van der Waals surface area contributed by atoms with Crippen LogP contribution in [0.2, 0.25) is 0 Å². The Morgan fingerprint density at radius 1 is 1.42 bits per heavy atom. The van der Waals surface area contributed by atoms with Gasteiger partial charge in [0, 0.05) is 11.6 Å². The van der Waals surface area contributed by atoms with E-state index in [0.717, 1.165) is 25.9 Å². The third-order valence-corrected chi connectivity index (χ3v) is 3.41. The molecule has 1 aliphatic rings. The van der Waals surface area contributed by atoms with Crippen LogP contribution >= 0.6 is 12.4 Å². The van der Waals surface area contributed by atoms with E-state index in [-0.39, 0.29) is 30.0 Å². The molecule has 1 aromatic carbocycles. The minimum Gasteiger partial charge on any atom is -0.326 e. The number of nitrogens with one attached hydrogen (secondary N) is 2. The first-order valence-electron chi connectivity index (χ1n) is 6.50. The highest BCUT2D eigenvalue weighted by Crippen LogP contribution is 2.18. The summed E-state index contributed by atoms with van der Waals surface area (Å²) in [6, 6.07) is 4.89. The van der Waals surface area contributed by atoms with Crippen molar-refractivity contribution in [2.75, 3.05) is 18.4 Å². The number of anilines is 1. The maximum Gasteiger partial charge on any atom is 0.227 e. The van der Waals surface area contributed by atoms with E-state index >= 15 is 0 Å². The van der Waals surface area contributed by atoms with Crippen molar-refractivity contribution in [2.24, 2.45) is 5.92 Å². The molecule has 0 aliphatic carbocycles. The van der Waals surface area contributed by atoms with Crippen LogP contribution in [0.4, 0.5) is 10.1 Å². The molecule has 0 saturated carbocycles. The summed E-state index contributed by atoms with van der Waals surface area (Å²) in [5, 5.41) is 6.01. The van der Waals surface area contributed by atoms with E-state index in [0.29, 0.717) is 17.7 Å². The van der Waals surface area contributed by atoms with Gasteiger partial charge >= 0.3 is 0 Å². The van der Waals surface area contributed by atoms with E-state index < -0.39 is 0 Å². The monoisotopic (exact) mass is 286 g/mol. The summed E-state index contributed by atoms with van der Waals surface area (Å²) in [6.07, 6.45) is 2.36. The molecular weight excluding hydrogens is 267 g/mol. The van der Waals surface area contributed by atoms with Crippen molar-refractivity contribution in [1.29, 1.82) is 0 Å². The highest BCUT2D eigenvalue weighted by atomic mass is 35.5.